The molecular formula is C15H20N2O2S. The number of ether oxygens (including phenoxy) is 1. The molecule has 0 saturated heterocycles. The molecule has 20 heavy (non-hydrogen) atoms. The van der Waals surface area contributed by atoms with Crippen LogP contribution in [0.25, 0.3) is 0 Å². The Labute approximate surface area is 124 Å². The minimum atomic E-state index is -0.679. The number of carbonyl (C=O) groups is 1. The Balaban J connectivity index is 2.17. The highest BCUT2D eigenvalue weighted by Crippen LogP contribution is 2.46. The Morgan fingerprint density at radius 1 is 1.50 bits per heavy atom. The zero-order valence-corrected chi connectivity index (χ0v) is 12.8. The molecule has 1 fully saturated rings. The van der Waals surface area contributed by atoms with Crippen LogP contribution in [0.4, 0.5) is 5.69 Å². The number of nitrogens with two attached hydrogens (primary N) is 1. The van der Waals surface area contributed by atoms with Crippen molar-refractivity contribution in [2.75, 3.05) is 12.4 Å². The quantitative estimate of drug-likeness (QED) is 0.837. The highest BCUT2D eigenvalue weighted by atomic mass is 32.1. The van der Waals surface area contributed by atoms with Gasteiger partial charge in [-0.25, -0.2) is 0 Å². The molecule has 1 aliphatic carbocycles. The zero-order valence-electron chi connectivity index (χ0n) is 12.0. The van der Waals surface area contributed by atoms with Gasteiger partial charge < -0.3 is 15.8 Å². The Morgan fingerprint density at radius 3 is 2.60 bits per heavy atom. The molecule has 0 heterocycles. The van der Waals surface area contributed by atoms with Crippen molar-refractivity contribution < 1.29 is 9.53 Å². The maximum atomic E-state index is 12.5. The summed E-state index contributed by atoms with van der Waals surface area (Å²) in [7, 11) is 1.62. The molecule has 1 amide bonds. The largest absolute Gasteiger partial charge is 0.497 e. The number of amides is 1. The first-order chi connectivity index (χ1) is 9.39. The Morgan fingerprint density at radius 2 is 2.15 bits per heavy atom. The summed E-state index contributed by atoms with van der Waals surface area (Å²) in [5.74, 6) is 1.15. The molecule has 0 spiro atoms. The van der Waals surface area contributed by atoms with E-state index in [1.54, 1.807) is 7.11 Å². The van der Waals surface area contributed by atoms with Crippen LogP contribution in [-0.2, 0) is 4.79 Å². The van der Waals surface area contributed by atoms with Crippen LogP contribution in [0.15, 0.2) is 18.2 Å². The lowest BCUT2D eigenvalue weighted by atomic mass is 9.62. The van der Waals surface area contributed by atoms with Gasteiger partial charge in [-0.2, -0.15) is 0 Å². The first-order valence-corrected chi connectivity index (χ1v) is 7.06. The SMILES string of the molecule is COc1ccc(NC(=O)C2(C(N)=S)CC(C)C2)c(C)c1. The molecule has 108 valence electrons. The number of hydrogen-bond donors (Lipinski definition) is 2. The molecule has 0 aromatic heterocycles. The predicted molar refractivity (Wildman–Crippen MR) is 84.0 cm³/mol. The van der Waals surface area contributed by atoms with Gasteiger partial charge in [0.05, 0.1) is 17.5 Å². The molecule has 1 aromatic carbocycles. The number of benzene rings is 1. The van der Waals surface area contributed by atoms with Gasteiger partial charge in [0.1, 0.15) is 5.75 Å². The van der Waals surface area contributed by atoms with Crippen molar-refractivity contribution in [3.8, 4) is 5.75 Å². The van der Waals surface area contributed by atoms with E-state index in [1.165, 1.54) is 0 Å². The second-order valence-corrected chi connectivity index (χ2v) is 6.03. The number of thiocarbonyl (C=S) groups is 1. The minimum Gasteiger partial charge on any atom is -0.497 e. The maximum absolute atomic E-state index is 12.5. The van der Waals surface area contributed by atoms with Crippen molar-refractivity contribution in [1.29, 1.82) is 0 Å². The van der Waals surface area contributed by atoms with E-state index in [0.717, 1.165) is 29.8 Å². The fourth-order valence-corrected chi connectivity index (χ4v) is 3.03. The summed E-state index contributed by atoms with van der Waals surface area (Å²) in [5.41, 5.74) is 6.82. The fraction of sp³-hybridized carbons (Fsp3) is 0.467. The van der Waals surface area contributed by atoms with Crippen molar-refractivity contribution in [2.24, 2.45) is 17.1 Å². The van der Waals surface area contributed by atoms with E-state index in [9.17, 15) is 4.79 Å². The van der Waals surface area contributed by atoms with E-state index < -0.39 is 5.41 Å². The normalized spacial score (nSPS) is 24.6. The number of hydrogen-bond acceptors (Lipinski definition) is 3. The van der Waals surface area contributed by atoms with Gasteiger partial charge in [0, 0.05) is 5.69 Å². The Bertz CT molecular complexity index is 551. The highest BCUT2D eigenvalue weighted by Gasteiger charge is 2.50. The molecule has 4 nitrogen and oxygen atoms in total. The van der Waals surface area contributed by atoms with Gasteiger partial charge in [0.15, 0.2) is 0 Å². The van der Waals surface area contributed by atoms with Gasteiger partial charge in [-0.3, -0.25) is 4.79 Å². The smallest absolute Gasteiger partial charge is 0.237 e. The predicted octanol–water partition coefficient (Wildman–Crippen LogP) is 2.64. The number of aryl methyl sites for hydroxylation is 1. The van der Waals surface area contributed by atoms with Crippen molar-refractivity contribution >= 4 is 28.8 Å². The van der Waals surface area contributed by atoms with Crippen LogP contribution in [0.1, 0.15) is 25.3 Å². The van der Waals surface area contributed by atoms with Gasteiger partial charge in [-0.05, 0) is 49.4 Å². The van der Waals surface area contributed by atoms with Crippen molar-refractivity contribution in [2.45, 2.75) is 26.7 Å². The summed E-state index contributed by atoms with van der Waals surface area (Å²) >= 11 is 5.10. The molecule has 5 heteroatoms. The fourth-order valence-electron chi connectivity index (χ4n) is 2.77. The second kappa shape index (κ2) is 5.40. The Hall–Kier alpha value is -1.62. The molecule has 0 atom stereocenters. The Kier molecular flexibility index (Phi) is 3.99. The van der Waals surface area contributed by atoms with Gasteiger partial charge in [0.2, 0.25) is 5.91 Å². The lowest BCUT2D eigenvalue weighted by molar-refractivity contribution is -0.127. The van der Waals surface area contributed by atoms with Crippen LogP contribution in [0.5, 0.6) is 5.75 Å². The third kappa shape index (κ3) is 2.50. The lowest BCUT2D eigenvalue weighted by Gasteiger charge is -2.44. The van der Waals surface area contributed by atoms with Crippen molar-refractivity contribution in [3.05, 3.63) is 23.8 Å². The average molecular weight is 292 g/mol. The molecular weight excluding hydrogens is 272 g/mol. The van der Waals surface area contributed by atoms with Crippen LogP contribution in [-0.4, -0.2) is 18.0 Å². The molecule has 0 radical (unpaired) electrons. The second-order valence-electron chi connectivity index (χ2n) is 5.59. The number of carbonyl (C=O) groups excluding carboxylic acids is 1. The molecule has 2 rings (SSSR count). The summed E-state index contributed by atoms with van der Waals surface area (Å²) in [6.45, 7) is 4.03. The van der Waals surface area contributed by atoms with Gasteiger partial charge >= 0.3 is 0 Å². The van der Waals surface area contributed by atoms with Crippen LogP contribution in [0.2, 0.25) is 0 Å². The summed E-state index contributed by atoms with van der Waals surface area (Å²) in [5, 5.41) is 2.94. The molecule has 3 N–H and O–H groups in total. The number of rotatable bonds is 4. The minimum absolute atomic E-state index is 0.101. The van der Waals surface area contributed by atoms with Crippen molar-refractivity contribution in [3.63, 3.8) is 0 Å². The standard InChI is InChI=1S/C15H20N2O2S/c1-9-7-15(8-9,13(16)20)14(18)17-12-5-4-11(19-3)6-10(12)2/h4-6,9H,7-8H2,1-3H3,(H2,16,20)(H,17,18). The third-order valence-corrected chi connectivity index (χ3v) is 4.37. The highest BCUT2D eigenvalue weighted by molar-refractivity contribution is 7.80. The monoisotopic (exact) mass is 292 g/mol. The first kappa shape index (κ1) is 14.8. The van der Waals surface area contributed by atoms with Gasteiger partial charge in [-0.15, -0.1) is 0 Å². The summed E-state index contributed by atoms with van der Waals surface area (Å²) in [6, 6.07) is 5.54. The van der Waals surface area contributed by atoms with E-state index in [2.05, 4.69) is 12.2 Å². The number of methoxy groups -OCH3 is 1. The van der Waals surface area contributed by atoms with Crippen molar-refractivity contribution in [1.82, 2.24) is 0 Å². The zero-order chi connectivity index (χ0) is 14.9. The van der Waals surface area contributed by atoms with E-state index in [1.807, 2.05) is 25.1 Å². The van der Waals surface area contributed by atoms with Gasteiger partial charge in [0.25, 0.3) is 0 Å². The summed E-state index contributed by atoms with van der Waals surface area (Å²) in [6.07, 6.45) is 1.45. The van der Waals surface area contributed by atoms with E-state index in [-0.39, 0.29) is 5.91 Å². The molecule has 1 saturated carbocycles. The maximum Gasteiger partial charge on any atom is 0.237 e. The summed E-state index contributed by atoms with van der Waals surface area (Å²) in [4.78, 5) is 12.8. The number of nitrogens with one attached hydrogen (secondary N) is 1. The molecule has 1 aliphatic rings. The molecule has 1 aromatic rings. The topological polar surface area (TPSA) is 64.3 Å². The third-order valence-electron chi connectivity index (χ3n) is 3.98. The van der Waals surface area contributed by atoms with E-state index >= 15 is 0 Å². The van der Waals surface area contributed by atoms with Crippen LogP contribution in [0, 0.1) is 18.3 Å². The van der Waals surface area contributed by atoms with Gasteiger partial charge in [-0.1, -0.05) is 19.1 Å². The molecule has 0 bridgehead atoms. The summed E-state index contributed by atoms with van der Waals surface area (Å²) < 4.78 is 5.15. The van der Waals surface area contributed by atoms with Crippen LogP contribution in [0.3, 0.4) is 0 Å². The van der Waals surface area contributed by atoms with Crippen LogP contribution < -0.4 is 15.8 Å². The van der Waals surface area contributed by atoms with E-state index in [4.69, 9.17) is 22.7 Å². The van der Waals surface area contributed by atoms with E-state index in [0.29, 0.717) is 10.9 Å². The first-order valence-electron chi connectivity index (χ1n) is 6.65. The number of anilines is 1. The average Bonchev–Trinajstić information content (AvgIpc) is 2.36. The lowest BCUT2D eigenvalue weighted by Crippen LogP contribution is -2.53. The van der Waals surface area contributed by atoms with Crippen LogP contribution >= 0.6 is 12.2 Å². The molecule has 0 unspecified atom stereocenters. The molecule has 0 aliphatic heterocycles.